The van der Waals surface area contributed by atoms with E-state index in [1.165, 1.54) is 0 Å². The van der Waals surface area contributed by atoms with E-state index in [-0.39, 0.29) is 5.56 Å². The fourth-order valence-corrected chi connectivity index (χ4v) is 8.38. The van der Waals surface area contributed by atoms with Crippen LogP contribution in [0, 0.1) is 0 Å². The van der Waals surface area contributed by atoms with Crippen LogP contribution >= 0.6 is 0 Å². The van der Waals surface area contributed by atoms with Crippen LogP contribution in [0.4, 0.5) is 0 Å². The number of phenols is 5. The van der Waals surface area contributed by atoms with E-state index in [0.717, 1.165) is 60.7 Å². The summed E-state index contributed by atoms with van der Waals surface area (Å²) in [6.45, 7) is 0. The average molecular weight is 797 g/mol. The molecule has 0 spiro atoms. The Morgan fingerprint density at radius 2 is 0.918 bits per heavy atom. The highest BCUT2D eigenvalue weighted by atomic mass is 16.4. The smallest absolute Gasteiger partial charge is 0.208 e. The summed E-state index contributed by atoms with van der Waals surface area (Å²) in [5.41, 5.74) is 8.43. The van der Waals surface area contributed by atoms with Crippen LogP contribution in [0.3, 0.4) is 0 Å². The highest BCUT2D eigenvalue weighted by Gasteiger charge is 2.27. The minimum absolute atomic E-state index is 0.217. The van der Waals surface area contributed by atoms with E-state index in [1.807, 2.05) is 127 Å². The number of benzene rings is 8. The number of furan rings is 1. The van der Waals surface area contributed by atoms with Gasteiger partial charge in [-0.2, -0.15) is 0 Å². The van der Waals surface area contributed by atoms with Crippen molar-refractivity contribution in [2.75, 3.05) is 0 Å². The minimum Gasteiger partial charge on any atom is -0.504 e. The van der Waals surface area contributed by atoms with Crippen LogP contribution in [0.25, 0.3) is 106 Å². The summed E-state index contributed by atoms with van der Waals surface area (Å²) in [6.07, 6.45) is 0. The molecule has 0 aliphatic rings. The zero-order chi connectivity index (χ0) is 41.4. The summed E-state index contributed by atoms with van der Waals surface area (Å²) in [5.74, 6) is -2.82. The third kappa shape index (κ3) is 5.61. The zero-order valence-corrected chi connectivity index (χ0v) is 32.0. The van der Waals surface area contributed by atoms with Gasteiger partial charge in [0.1, 0.15) is 11.2 Å². The Morgan fingerprint density at radius 3 is 1.66 bits per heavy atom. The normalized spacial score (nSPS) is 11.6. The number of rotatable bonds is 6. The Kier molecular flexibility index (Phi) is 8.01. The number of aromatic nitrogens is 4. The first kappa shape index (κ1) is 35.5. The van der Waals surface area contributed by atoms with E-state index < -0.39 is 28.7 Å². The maximum atomic E-state index is 11.0. The first-order chi connectivity index (χ1) is 29.8. The van der Waals surface area contributed by atoms with Gasteiger partial charge in [0.25, 0.3) is 0 Å². The van der Waals surface area contributed by atoms with Gasteiger partial charge in [0.15, 0.2) is 29.0 Å². The van der Waals surface area contributed by atoms with Crippen LogP contribution in [0.1, 0.15) is 0 Å². The molecule has 0 saturated heterocycles. The lowest BCUT2D eigenvalue weighted by molar-refractivity contribution is 0.330. The molecule has 3 heterocycles. The molecule has 8 aromatic carbocycles. The molecule has 3 aromatic heterocycles. The van der Waals surface area contributed by atoms with Crippen molar-refractivity contribution < 1.29 is 29.9 Å². The number of nitrogens with zero attached hydrogens (tertiary/aromatic N) is 4. The fourth-order valence-electron chi connectivity index (χ4n) is 8.38. The number of fused-ring (bicyclic) bond motifs is 6. The molecule has 0 aliphatic heterocycles. The molecule has 0 amide bonds. The predicted octanol–water partition coefficient (Wildman–Crippen LogP) is 11.7. The van der Waals surface area contributed by atoms with Gasteiger partial charge in [0.05, 0.1) is 16.6 Å². The molecule has 0 unspecified atom stereocenters. The molecule has 0 saturated carbocycles. The van der Waals surface area contributed by atoms with Gasteiger partial charge >= 0.3 is 0 Å². The maximum absolute atomic E-state index is 11.0. The maximum Gasteiger partial charge on any atom is 0.208 e. The van der Waals surface area contributed by atoms with Gasteiger partial charge in [0, 0.05) is 43.9 Å². The number of hydrogen-bond donors (Lipinski definition) is 5. The van der Waals surface area contributed by atoms with Crippen LogP contribution in [0.2, 0.25) is 0 Å². The van der Waals surface area contributed by atoms with E-state index in [2.05, 4.69) is 28.8 Å². The molecule has 0 radical (unpaired) electrons. The molecular formula is C51H32N4O6. The van der Waals surface area contributed by atoms with E-state index in [1.54, 1.807) is 12.1 Å². The Morgan fingerprint density at radius 1 is 0.377 bits per heavy atom. The van der Waals surface area contributed by atoms with Gasteiger partial charge in [-0.15, -0.1) is 0 Å². The quantitative estimate of drug-likeness (QED) is 0.0815. The second-order valence-corrected chi connectivity index (χ2v) is 14.7. The lowest BCUT2D eigenvalue weighted by atomic mass is 9.96. The van der Waals surface area contributed by atoms with E-state index in [4.69, 9.17) is 19.4 Å². The number of aromatic hydroxyl groups is 5. The highest BCUT2D eigenvalue weighted by molar-refractivity contribution is 6.17. The first-order valence-electron chi connectivity index (χ1n) is 19.5. The minimum atomic E-state index is -1.02. The third-order valence-corrected chi connectivity index (χ3v) is 11.2. The molecule has 11 rings (SSSR count). The third-order valence-electron chi connectivity index (χ3n) is 11.2. The zero-order valence-electron chi connectivity index (χ0n) is 32.0. The molecule has 0 aliphatic carbocycles. The Labute approximate surface area is 346 Å². The number of phenolic OH excluding ortho intramolecular Hbond substituents is 5. The van der Waals surface area contributed by atoms with Crippen molar-refractivity contribution in [1.82, 2.24) is 19.5 Å². The lowest BCUT2D eigenvalue weighted by Gasteiger charge is -2.14. The van der Waals surface area contributed by atoms with Crippen molar-refractivity contribution in [1.29, 1.82) is 0 Å². The van der Waals surface area contributed by atoms with Gasteiger partial charge in [-0.1, -0.05) is 115 Å². The topological polar surface area (TPSA) is 158 Å². The monoisotopic (exact) mass is 796 g/mol. The molecule has 10 heteroatoms. The van der Waals surface area contributed by atoms with Crippen molar-refractivity contribution in [2.24, 2.45) is 0 Å². The van der Waals surface area contributed by atoms with Gasteiger partial charge in [-0.3, -0.25) is 0 Å². The van der Waals surface area contributed by atoms with Crippen molar-refractivity contribution >= 4 is 43.7 Å². The highest BCUT2D eigenvalue weighted by Crippen LogP contribution is 2.56. The second-order valence-electron chi connectivity index (χ2n) is 14.7. The summed E-state index contributed by atoms with van der Waals surface area (Å²) in [4.78, 5) is 15.1. The molecule has 5 N–H and O–H groups in total. The van der Waals surface area contributed by atoms with Crippen LogP contribution in [0.5, 0.6) is 28.7 Å². The summed E-state index contributed by atoms with van der Waals surface area (Å²) >= 11 is 0. The molecule has 0 bridgehead atoms. The number of hydrogen-bond acceptors (Lipinski definition) is 9. The van der Waals surface area contributed by atoms with Gasteiger partial charge in [-0.05, 0) is 65.2 Å². The average Bonchev–Trinajstić information content (AvgIpc) is 3.86. The van der Waals surface area contributed by atoms with E-state index in [9.17, 15) is 25.5 Å². The Balaban J connectivity index is 1.10. The summed E-state index contributed by atoms with van der Waals surface area (Å²) < 4.78 is 8.46. The van der Waals surface area contributed by atoms with E-state index in [0.29, 0.717) is 39.6 Å². The lowest BCUT2D eigenvalue weighted by Crippen LogP contribution is -2.01. The molecule has 10 nitrogen and oxygen atoms in total. The van der Waals surface area contributed by atoms with Crippen molar-refractivity contribution in [3.63, 3.8) is 0 Å². The Bertz CT molecular complexity index is 3510. The summed E-state index contributed by atoms with van der Waals surface area (Å²) in [5, 5.41) is 56.2. The SMILES string of the molecule is Oc1c(O)c(O)c(-c2cccc3c2c2ccccc2n3-c2ccc3oc4ccc(-c5nc(-c6ccccc6)nc(-c6ccccc6-c6ccccc6)n5)cc4c3c2)c(O)c1O. The molecule has 0 fully saturated rings. The molecule has 0 atom stereocenters. The van der Waals surface area contributed by atoms with E-state index >= 15 is 0 Å². The summed E-state index contributed by atoms with van der Waals surface area (Å²) in [6, 6.07) is 53.1. The van der Waals surface area contributed by atoms with Gasteiger partial charge in [0.2, 0.25) is 17.2 Å². The van der Waals surface area contributed by atoms with Crippen molar-refractivity contribution in [3.05, 3.63) is 164 Å². The molecule has 292 valence electrons. The van der Waals surface area contributed by atoms with Crippen molar-refractivity contribution in [2.45, 2.75) is 0 Å². The standard InChI is InChI=1S/C51H32N4O6/c56-44-43(45(57)47(59)48(60)46(44)58)35-19-11-21-39-42(35)34-18-9-10-20-38(34)55(39)31-23-25-41-37(27-31)36-26-30(22-24-40(36)61-41)50-52-49(29-14-5-2-6-15-29)53-51(54-50)33-17-8-7-16-32(33)28-12-3-1-4-13-28/h1-27,56-60H. The van der Waals surface area contributed by atoms with Crippen LogP contribution < -0.4 is 0 Å². The van der Waals surface area contributed by atoms with Gasteiger partial charge in [-0.25, -0.2) is 15.0 Å². The van der Waals surface area contributed by atoms with Gasteiger partial charge < -0.3 is 34.5 Å². The summed E-state index contributed by atoms with van der Waals surface area (Å²) in [7, 11) is 0. The van der Waals surface area contributed by atoms with Crippen LogP contribution in [-0.2, 0) is 0 Å². The Hall–Kier alpha value is -8.63. The predicted molar refractivity (Wildman–Crippen MR) is 237 cm³/mol. The van der Waals surface area contributed by atoms with Crippen molar-refractivity contribution in [3.8, 4) is 90.9 Å². The number of para-hydroxylation sites is 1. The second kappa shape index (κ2) is 13.7. The largest absolute Gasteiger partial charge is 0.504 e. The molecular weight excluding hydrogens is 765 g/mol. The molecule has 11 aromatic rings. The first-order valence-corrected chi connectivity index (χ1v) is 19.5. The fraction of sp³-hybridized carbons (Fsp3) is 0. The van der Waals surface area contributed by atoms with Crippen LogP contribution in [-0.4, -0.2) is 45.1 Å². The molecule has 61 heavy (non-hydrogen) atoms. The van der Waals surface area contributed by atoms with Crippen LogP contribution in [0.15, 0.2) is 168 Å².